The number of rotatable bonds is 7. The van der Waals surface area contributed by atoms with Crippen molar-refractivity contribution in [3.63, 3.8) is 0 Å². The molecule has 2 N–H and O–H groups in total. The van der Waals surface area contributed by atoms with Crippen molar-refractivity contribution in [1.82, 2.24) is 5.32 Å². The molecule has 4 nitrogen and oxygen atoms in total. The number of carbonyl (C=O) groups excluding carboxylic acids is 1. The molecule has 1 aromatic carbocycles. The van der Waals surface area contributed by atoms with E-state index in [9.17, 15) is 9.90 Å². The fourth-order valence-electron chi connectivity index (χ4n) is 2.26. The monoisotopic (exact) mass is 303 g/mol. The first-order chi connectivity index (χ1) is 10.5. The fourth-order valence-corrected chi connectivity index (χ4v) is 2.26. The Labute approximate surface area is 132 Å². The van der Waals surface area contributed by atoms with Crippen LogP contribution in [0.4, 0.5) is 0 Å². The van der Waals surface area contributed by atoms with Gasteiger partial charge in [-0.2, -0.15) is 0 Å². The lowest BCUT2D eigenvalue weighted by Crippen LogP contribution is -2.47. The highest BCUT2D eigenvalue weighted by molar-refractivity contribution is 5.92. The molecule has 1 unspecified atom stereocenters. The maximum atomic E-state index is 11.8. The number of benzene rings is 1. The first-order valence-corrected chi connectivity index (χ1v) is 7.96. The summed E-state index contributed by atoms with van der Waals surface area (Å²) in [5.41, 5.74) is 0.182. The molecule has 22 heavy (non-hydrogen) atoms. The SMILES string of the molecule is CCC(C)Oc1ccccc1C=CC(=O)NCC1(O)CCC1. The van der Waals surface area contributed by atoms with Crippen molar-refractivity contribution in [2.45, 2.75) is 51.2 Å². The van der Waals surface area contributed by atoms with Crippen LogP contribution < -0.4 is 10.1 Å². The van der Waals surface area contributed by atoms with Crippen LogP contribution in [0.1, 0.15) is 45.1 Å². The van der Waals surface area contributed by atoms with Gasteiger partial charge in [-0.3, -0.25) is 4.79 Å². The lowest BCUT2D eigenvalue weighted by molar-refractivity contribution is -0.118. The number of amides is 1. The number of hydrogen-bond donors (Lipinski definition) is 2. The fraction of sp³-hybridized carbons (Fsp3) is 0.500. The van der Waals surface area contributed by atoms with Gasteiger partial charge in [-0.05, 0) is 44.7 Å². The molecule has 1 aliphatic rings. The Morgan fingerprint density at radius 2 is 2.18 bits per heavy atom. The zero-order valence-corrected chi connectivity index (χ0v) is 13.3. The van der Waals surface area contributed by atoms with E-state index >= 15 is 0 Å². The van der Waals surface area contributed by atoms with E-state index in [1.165, 1.54) is 6.08 Å². The maximum Gasteiger partial charge on any atom is 0.244 e. The van der Waals surface area contributed by atoms with Crippen molar-refractivity contribution in [2.75, 3.05) is 6.54 Å². The Hall–Kier alpha value is -1.81. The number of ether oxygens (including phenoxy) is 1. The molecular weight excluding hydrogens is 278 g/mol. The zero-order chi connectivity index (χ0) is 16.0. The van der Waals surface area contributed by atoms with Crippen LogP contribution in [0.5, 0.6) is 5.75 Å². The minimum absolute atomic E-state index is 0.135. The van der Waals surface area contributed by atoms with Gasteiger partial charge >= 0.3 is 0 Å². The van der Waals surface area contributed by atoms with Gasteiger partial charge in [0.25, 0.3) is 0 Å². The molecule has 0 bridgehead atoms. The molecule has 1 fully saturated rings. The molecule has 0 aliphatic heterocycles. The molecule has 1 aliphatic carbocycles. The van der Waals surface area contributed by atoms with Crippen molar-refractivity contribution in [2.24, 2.45) is 0 Å². The van der Waals surface area contributed by atoms with E-state index in [-0.39, 0.29) is 12.0 Å². The lowest BCUT2D eigenvalue weighted by Gasteiger charge is -2.36. The molecule has 4 heteroatoms. The molecule has 2 rings (SSSR count). The molecule has 1 amide bonds. The van der Waals surface area contributed by atoms with Crippen LogP contribution in [-0.4, -0.2) is 29.3 Å². The predicted molar refractivity (Wildman–Crippen MR) is 87.7 cm³/mol. The normalized spacial score (nSPS) is 17.8. The van der Waals surface area contributed by atoms with Gasteiger partial charge in [0.05, 0.1) is 11.7 Å². The van der Waals surface area contributed by atoms with E-state index in [1.54, 1.807) is 6.08 Å². The first-order valence-electron chi connectivity index (χ1n) is 7.96. The molecule has 1 atom stereocenters. The van der Waals surface area contributed by atoms with E-state index < -0.39 is 5.60 Å². The molecule has 0 saturated heterocycles. The summed E-state index contributed by atoms with van der Waals surface area (Å²) in [6, 6.07) is 7.65. The van der Waals surface area contributed by atoms with E-state index in [0.717, 1.165) is 37.0 Å². The second-order valence-corrected chi connectivity index (χ2v) is 6.00. The van der Waals surface area contributed by atoms with Crippen LogP contribution in [0.25, 0.3) is 6.08 Å². The Balaban J connectivity index is 1.92. The van der Waals surface area contributed by atoms with Gasteiger partial charge < -0.3 is 15.2 Å². The Morgan fingerprint density at radius 1 is 1.45 bits per heavy atom. The minimum atomic E-state index is -0.693. The van der Waals surface area contributed by atoms with Gasteiger partial charge in [-0.15, -0.1) is 0 Å². The van der Waals surface area contributed by atoms with Crippen LogP contribution in [0.3, 0.4) is 0 Å². The molecule has 0 aromatic heterocycles. The van der Waals surface area contributed by atoms with Crippen LogP contribution in [0, 0.1) is 0 Å². The smallest absolute Gasteiger partial charge is 0.244 e. The van der Waals surface area contributed by atoms with Crippen molar-refractivity contribution >= 4 is 12.0 Å². The highest BCUT2D eigenvalue weighted by atomic mass is 16.5. The summed E-state index contributed by atoms with van der Waals surface area (Å²) < 4.78 is 5.84. The minimum Gasteiger partial charge on any atom is -0.490 e. The number of aliphatic hydroxyl groups is 1. The van der Waals surface area contributed by atoms with Crippen LogP contribution in [0.2, 0.25) is 0 Å². The lowest BCUT2D eigenvalue weighted by atomic mass is 9.80. The van der Waals surface area contributed by atoms with Gasteiger partial charge in [0.2, 0.25) is 5.91 Å². The summed E-state index contributed by atoms with van der Waals surface area (Å²) in [5, 5.41) is 12.7. The summed E-state index contributed by atoms with van der Waals surface area (Å²) in [7, 11) is 0. The topological polar surface area (TPSA) is 58.6 Å². The van der Waals surface area contributed by atoms with Crippen molar-refractivity contribution < 1.29 is 14.6 Å². The van der Waals surface area contributed by atoms with Crippen LogP contribution >= 0.6 is 0 Å². The highest BCUT2D eigenvalue weighted by Gasteiger charge is 2.34. The molecular formula is C18H25NO3. The Kier molecular flexibility index (Phi) is 5.61. The largest absolute Gasteiger partial charge is 0.490 e. The second-order valence-electron chi connectivity index (χ2n) is 6.00. The van der Waals surface area contributed by atoms with Gasteiger partial charge in [-0.1, -0.05) is 25.1 Å². The number of carbonyl (C=O) groups is 1. The molecule has 1 saturated carbocycles. The summed E-state index contributed by atoms with van der Waals surface area (Å²) in [4.78, 5) is 11.8. The highest BCUT2D eigenvalue weighted by Crippen LogP contribution is 2.30. The number of hydrogen-bond acceptors (Lipinski definition) is 3. The third kappa shape index (κ3) is 4.60. The summed E-state index contributed by atoms with van der Waals surface area (Å²) in [6.07, 6.45) is 6.86. The van der Waals surface area contributed by atoms with Gasteiger partial charge in [0, 0.05) is 18.2 Å². The van der Waals surface area contributed by atoms with Crippen molar-refractivity contribution in [3.05, 3.63) is 35.9 Å². The summed E-state index contributed by atoms with van der Waals surface area (Å²) in [5.74, 6) is 0.581. The number of para-hydroxylation sites is 1. The van der Waals surface area contributed by atoms with Gasteiger partial charge in [0.1, 0.15) is 5.75 Å². The standard InChI is InChI=1S/C18H25NO3/c1-3-14(2)22-16-8-5-4-7-15(16)9-10-17(20)19-13-18(21)11-6-12-18/h4-5,7-10,14,21H,3,6,11-13H2,1-2H3,(H,19,20). The molecule has 0 spiro atoms. The van der Waals surface area contributed by atoms with Crippen LogP contribution in [-0.2, 0) is 4.79 Å². The average molecular weight is 303 g/mol. The number of nitrogens with one attached hydrogen (secondary N) is 1. The maximum absolute atomic E-state index is 11.8. The predicted octanol–water partition coefficient (Wildman–Crippen LogP) is 2.91. The molecule has 0 radical (unpaired) electrons. The average Bonchev–Trinajstić information content (AvgIpc) is 2.50. The van der Waals surface area contributed by atoms with Gasteiger partial charge in [0.15, 0.2) is 0 Å². The zero-order valence-electron chi connectivity index (χ0n) is 13.3. The third-order valence-corrected chi connectivity index (χ3v) is 4.11. The molecule has 0 heterocycles. The quantitative estimate of drug-likeness (QED) is 0.761. The Bertz CT molecular complexity index is 535. The van der Waals surface area contributed by atoms with Gasteiger partial charge in [-0.25, -0.2) is 0 Å². The molecule has 120 valence electrons. The van der Waals surface area contributed by atoms with E-state index in [2.05, 4.69) is 12.2 Å². The van der Waals surface area contributed by atoms with E-state index in [1.807, 2.05) is 31.2 Å². The summed E-state index contributed by atoms with van der Waals surface area (Å²) >= 11 is 0. The van der Waals surface area contributed by atoms with E-state index in [0.29, 0.717) is 6.54 Å². The molecule has 1 aromatic rings. The van der Waals surface area contributed by atoms with Crippen LogP contribution in [0.15, 0.2) is 30.3 Å². The van der Waals surface area contributed by atoms with Crippen molar-refractivity contribution in [3.8, 4) is 5.75 Å². The Morgan fingerprint density at radius 3 is 2.82 bits per heavy atom. The second kappa shape index (κ2) is 7.45. The van der Waals surface area contributed by atoms with E-state index in [4.69, 9.17) is 4.74 Å². The summed E-state index contributed by atoms with van der Waals surface area (Å²) in [6.45, 7) is 4.41. The first kappa shape index (κ1) is 16.6. The van der Waals surface area contributed by atoms with Crippen molar-refractivity contribution in [1.29, 1.82) is 0 Å². The third-order valence-electron chi connectivity index (χ3n) is 4.11.